The van der Waals surface area contributed by atoms with Crippen molar-refractivity contribution in [2.24, 2.45) is 0 Å². The average Bonchev–Trinajstić information content (AvgIpc) is 3.48. The Labute approximate surface area is 185 Å². The molecule has 4 rings (SSSR count). The van der Waals surface area contributed by atoms with Crippen molar-refractivity contribution in [1.82, 2.24) is 15.5 Å². The van der Waals surface area contributed by atoms with Crippen molar-refractivity contribution < 1.29 is 17.5 Å². The van der Waals surface area contributed by atoms with E-state index in [1.807, 2.05) is 6.92 Å². The molecule has 2 aromatic carbocycles. The van der Waals surface area contributed by atoms with Crippen LogP contribution in [0.3, 0.4) is 0 Å². The molecule has 0 unspecified atom stereocenters. The van der Waals surface area contributed by atoms with Gasteiger partial charge in [0.1, 0.15) is 5.75 Å². The van der Waals surface area contributed by atoms with Crippen LogP contribution in [0.15, 0.2) is 40.8 Å². The summed E-state index contributed by atoms with van der Waals surface area (Å²) in [6, 6.07) is -1.64. The zero-order valence-electron chi connectivity index (χ0n) is 23.1. The Bertz CT molecular complexity index is 1380. The van der Waals surface area contributed by atoms with Crippen molar-refractivity contribution in [2.45, 2.75) is 52.2 Å². The minimum atomic E-state index is -0.388. The van der Waals surface area contributed by atoms with E-state index in [4.69, 9.17) is 24.1 Å². The van der Waals surface area contributed by atoms with Crippen LogP contribution in [0.4, 0.5) is 5.69 Å². The van der Waals surface area contributed by atoms with Crippen LogP contribution in [0.2, 0.25) is 0 Å². The van der Waals surface area contributed by atoms with Gasteiger partial charge in [0.2, 0.25) is 11.5 Å². The first-order chi connectivity index (χ1) is 17.1. The minimum absolute atomic E-state index is 0.00749. The van der Waals surface area contributed by atoms with E-state index in [0.29, 0.717) is 24.0 Å². The molecule has 3 aromatic rings. The number of hydrogen-bond donors (Lipinski definition) is 1. The molecule has 1 N–H and O–H groups in total. The number of aromatic nitrogens is 2. The first-order valence-corrected chi connectivity index (χ1v) is 10.00. The lowest BCUT2D eigenvalue weighted by atomic mass is 10.0. The predicted molar refractivity (Wildman–Crippen MR) is 117 cm³/mol. The second kappa shape index (κ2) is 8.68. The van der Waals surface area contributed by atoms with Crippen LogP contribution in [0.25, 0.3) is 27.7 Å². The fourth-order valence-electron chi connectivity index (χ4n) is 3.47. The lowest BCUT2D eigenvalue weighted by Crippen LogP contribution is -2.19. The van der Waals surface area contributed by atoms with Crippen molar-refractivity contribution in [1.29, 1.82) is 0 Å². The van der Waals surface area contributed by atoms with Crippen molar-refractivity contribution in [3.8, 4) is 28.6 Å². The number of ether oxygens (including phenoxy) is 1. The van der Waals surface area contributed by atoms with Gasteiger partial charge in [0.05, 0.1) is 19.5 Å². The molecule has 0 bridgehead atoms. The van der Waals surface area contributed by atoms with Gasteiger partial charge in [-0.3, -0.25) is 0 Å². The van der Waals surface area contributed by atoms with Gasteiger partial charge in [0.15, 0.2) is 0 Å². The molecule has 1 aliphatic carbocycles. The second-order valence-corrected chi connectivity index (χ2v) is 7.32. The molecule has 6 heteroatoms. The Balaban J connectivity index is 1.87. The normalized spacial score (nSPS) is 18.0. The van der Waals surface area contributed by atoms with Crippen LogP contribution in [0.5, 0.6) is 5.75 Å². The van der Waals surface area contributed by atoms with Crippen molar-refractivity contribution in [2.75, 3.05) is 6.54 Å². The molecular formula is C24H26N4O2. The summed E-state index contributed by atoms with van der Waals surface area (Å²) in [5, 5.41) is 7.39. The van der Waals surface area contributed by atoms with E-state index in [1.54, 1.807) is 13.8 Å². The molecule has 1 aliphatic rings. The van der Waals surface area contributed by atoms with E-state index in [2.05, 4.69) is 20.3 Å². The summed E-state index contributed by atoms with van der Waals surface area (Å²) in [7, 11) is 0. The summed E-state index contributed by atoms with van der Waals surface area (Å²) < 4.78 is 61.6. The molecule has 154 valence electrons. The van der Waals surface area contributed by atoms with Crippen LogP contribution in [0, 0.1) is 6.57 Å². The minimum Gasteiger partial charge on any atom is -0.502 e. The highest BCUT2D eigenvalue weighted by molar-refractivity contribution is 5.70. The summed E-state index contributed by atoms with van der Waals surface area (Å²) in [4.78, 5) is 7.70. The molecule has 0 spiro atoms. The summed E-state index contributed by atoms with van der Waals surface area (Å²) in [6.45, 7) is 13.8. The SMILES string of the molecule is [2H]c1c([2H])c(-c2noc(-c3c([2H])c([2H])c(OC(C)C)c([N+]#[C-])c3[2H])n2)c2c(c1[2H])[C@@H](NCCC)CC2. The number of nitrogens with zero attached hydrogens (tertiary/aromatic N) is 3. The second-order valence-electron chi connectivity index (χ2n) is 7.32. The largest absolute Gasteiger partial charge is 0.502 e. The maximum absolute atomic E-state index is 8.53. The molecule has 0 aliphatic heterocycles. The molecule has 0 saturated carbocycles. The highest BCUT2D eigenvalue weighted by atomic mass is 16.5. The van der Waals surface area contributed by atoms with Crippen LogP contribution < -0.4 is 10.1 Å². The molecule has 0 fully saturated rings. The monoisotopic (exact) mass is 408 g/mol. The van der Waals surface area contributed by atoms with E-state index in [0.717, 1.165) is 13.0 Å². The Morgan fingerprint density at radius 1 is 1.37 bits per heavy atom. The van der Waals surface area contributed by atoms with E-state index >= 15 is 0 Å². The highest BCUT2D eigenvalue weighted by Crippen LogP contribution is 2.38. The lowest BCUT2D eigenvalue weighted by Gasteiger charge is -2.13. The van der Waals surface area contributed by atoms with Gasteiger partial charge in [-0.2, -0.15) is 4.98 Å². The van der Waals surface area contributed by atoms with Gasteiger partial charge in [0.25, 0.3) is 5.89 Å². The van der Waals surface area contributed by atoms with Gasteiger partial charge in [-0.05, 0) is 68.9 Å². The third-order valence-electron chi connectivity index (χ3n) is 4.77. The summed E-state index contributed by atoms with van der Waals surface area (Å²) >= 11 is 0. The van der Waals surface area contributed by atoms with Crippen LogP contribution >= 0.6 is 0 Å². The molecule has 1 atom stereocenters. The fourth-order valence-corrected chi connectivity index (χ4v) is 3.47. The van der Waals surface area contributed by atoms with Gasteiger partial charge in [-0.1, -0.05) is 30.2 Å². The first-order valence-electron chi connectivity index (χ1n) is 13.0. The quantitative estimate of drug-likeness (QED) is 0.506. The van der Waals surface area contributed by atoms with E-state index < -0.39 is 0 Å². The first kappa shape index (κ1) is 13.9. The fraction of sp³-hybridized carbons (Fsp3) is 0.375. The van der Waals surface area contributed by atoms with Gasteiger partial charge in [0, 0.05) is 18.5 Å². The van der Waals surface area contributed by atoms with Crippen LogP contribution in [-0.4, -0.2) is 22.8 Å². The van der Waals surface area contributed by atoms with Crippen molar-refractivity contribution >= 4 is 5.69 Å². The number of hydrogen-bond acceptors (Lipinski definition) is 5. The Morgan fingerprint density at radius 2 is 2.23 bits per heavy atom. The summed E-state index contributed by atoms with van der Waals surface area (Å²) in [5.41, 5.74) is 1.26. The maximum Gasteiger partial charge on any atom is 0.256 e. The molecule has 0 amide bonds. The molecular weight excluding hydrogens is 376 g/mol. The van der Waals surface area contributed by atoms with Gasteiger partial charge >= 0.3 is 0 Å². The Morgan fingerprint density at radius 3 is 3.00 bits per heavy atom. The molecule has 0 saturated heterocycles. The number of rotatable bonds is 7. The zero-order chi connectivity index (χ0) is 26.3. The highest BCUT2D eigenvalue weighted by Gasteiger charge is 2.26. The van der Waals surface area contributed by atoms with Gasteiger partial charge in [-0.25, -0.2) is 4.85 Å². The number of benzene rings is 2. The Kier molecular flexibility index (Phi) is 4.03. The Hall–Kier alpha value is -3.17. The zero-order valence-corrected chi connectivity index (χ0v) is 17.1. The molecule has 1 heterocycles. The van der Waals surface area contributed by atoms with Crippen LogP contribution in [0.1, 0.15) is 59.0 Å². The maximum atomic E-state index is 8.53. The van der Waals surface area contributed by atoms with E-state index in [-0.39, 0.29) is 82.7 Å². The molecule has 1 aromatic heterocycles. The summed E-state index contributed by atoms with van der Waals surface area (Å²) in [6.07, 6.45) is 1.84. The van der Waals surface area contributed by atoms with Crippen molar-refractivity contribution in [3.63, 3.8) is 0 Å². The van der Waals surface area contributed by atoms with Gasteiger partial charge < -0.3 is 14.6 Å². The average molecular weight is 409 g/mol. The number of fused-ring (bicyclic) bond motifs is 1. The predicted octanol–water partition coefficient (Wildman–Crippen LogP) is 5.73. The van der Waals surface area contributed by atoms with E-state index in [9.17, 15) is 0 Å². The van der Waals surface area contributed by atoms with Gasteiger partial charge in [-0.15, -0.1) is 0 Å². The molecule has 0 radical (unpaired) electrons. The van der Waals surface area contributed by atoms with Crippen LogP contribution in [-0.2, 0) is 6.42 Å². The van der Waals surface area contributed by atoms with E-state index in [1.165, 1.54) is 0 Å². The number of nitrogens with one attached hydrogen (secondary N) is 1. The third-order valence-corrected chi connectivity index (χ3v) is 4.77. The standard InChI is InChI=1S/C24H26N4O2/c1-5-13-26-20-11-10-17-18(20)7-6-8-19(17)23-27-24(30-28-23)16-9-12-22(29-15(2)3)21(14-16)25-4/h6-9,12,14-15,20,26H,5,10-11,13H2,1-3H3/t20-/m0/s1/i6D,7D,8D,9D,12D,14D. The topological polar surface area (TPSA) is 64.5 Å². The summed E-state index contributed by atoms with van der Waals surface area (Å²) in [5.74, 6) is -0.365. The molecule has 30 heavy (non-hydrogen) atoms. The third kappa shape index (κ3) is 3.94. The van der Waals surface area contributed by atoms with Crippen molar-refractivity contribution in [3.05, 3.63) is 58.8 Å². The lowest BCUT2D eigenvalue weighted by molar-refractivity contribution is 0.244. The smallest absolute Gasteiger partial charge is 0.256 e. The molecule has 6 nitrogen and oxygen atoms in total.